The van der Waals surface area contributed by atoms with Crippen molar-refractivity contribution in [2.75, 3.05) is 21.3 Å². The molecule has 4 aromatic rings. The van der Waals surface area contributed by atoms with Crippen LogP contribution in [0.25, 0.3) is 21.8 Å². The lowest BCUT2D eigenvalue weighted by molar-refractivity contribution is 0.0951. The molecule has 4 rings (SSSR count). The molecule has 0 bridgehead atoms. The number of rotatable bonds is 8. The van der Waals surface area contributed by atoms with Crippen LogP contribution in [0.4, 0.5) is 0 Å². The van der Waals surface area contributed by atoms with Crippen molar-refractivity contribution in [1.29, 1.82) is 0 Å². The average Bonchev–Trinajstić information content (AvgIpc) is 3.37. The van der Waals surface area contributed by atoms with Crippen LogP contribution in [-0.2, 0) is 6.54 Å². The molecule has 0 aliphatic heterocycles. The first-order valence-corrected chi connectivity index (χ1v) is 11.2. The van der Waals surface area contributed by atoms with Gasteiger partial charge in [-0.25, -0.2) is 4.98 Å². The highest BCUT2D eigenvalue weighted by molar-refractivity contribution is 7.13. The first-order valence-electron chi connectivity index (χ1n) is 10.3. The number of carbonyl (C=O) groups is 1. The average molecular weight is 461 g/mol. The predicted molar refractivity (Wildman–Crippen MR) is 130 cm³/mol. The molecule has 0 spiro atoms. The summed E-state index contributed by atoms with van der Waals surface area (Å²) in [5.74, 6) is 1.96. The van der Waals surface area contributed by atoms with Gasteiger partial charge < -0.3 is 19.5 Å². The molecule has 0 radical (unpaired) electrons. The van der Waals surface area contributed by atoms with Gasteiger partial charge >= 0.3 is 0 Å². The van der Waals surface area contributed by atoms with E-state index >= 15 is 0 Å². The fourth-order valence-electron chi connectivity index (χ4n) is 3.33. The second-order valence-corrected chi connectivity index (χ2v) is 8.07. The molecule has 3 aromatic carbocycles. The normalized spacial score (nSPS) is 10.5. The lowest BCUT2D eigenvalue weighted by Crippen LogP contribution is -2.22. The number of nitrogens with one attached hydrogen (secondary N) is 1. The summed E-state index contributed by atoms with van der Waals surface area (Å²) < 4.78 is 15.8. The lowest BCUT2D eigenvalue weighted by atomic mass is 10.1. The van der Waals surface area contributed by atoms with Crippen LogP contribution >= 0.6 is 11.3 Å². The van der Waals surface area contributed by atoms with Gasteiger partial charge in [0.2, 0.25) is 0 Å². The van der Waals surface area contributed by atoms with Crippen LogP contribution in [-0.4, -0.2) is 32.2 Å². The molecule has 0 fully saturated rings. The van der Waals surface area contributed by atoms with Crippen molar-refractivity contribution < 1.29 is 19.0 Å². The van der Waals surface area contributed by atoms with E-state index in [1.54, 1.807) is 56.9 Å². The highest BCUT2D eigenvalue weighted by Crippen LogP contribution is 2.34. The van der Waals surface area contributed by atoms with Gasteiger partial charge in [-0.15, -0.1) is 11.3 Å². The molecule has 0 unspecified atom stereocenters. The summed E-state index contributed by atoms with van der Waals surface area (Å²) in [5.41, 5.74) is 4.48. The van der Waals surface area contributed by atoms with Crippen LogP contribution < -0.4 is 19.5 Å². The zero-order valence-corrected chi connectivity index (χ0v) is 19.4. The molecular weight excluding hydrogens is 436 g/mol. The summed E-state index contributed by atoms with van der Waals surface area (Å²) >= 11 is 1.58. The van der Waals surface area contributed by atoms with Crippen molar-refractivity contribution in [2.24, 2.45) is 0 Å². The molecule has 0 atom stereocenters. The summed E-state index contributed by atoms with van der Waals surface area (Å²) in [4.78, 5) is 17.1. The summed E-state index contributed by atoms with van der Waals surface area (Å²) in [7, 11) is 4.84. The minimum Gasteiger partial charge on any atom is -0.497 e. The molecule has 1 amide bonds. The van der Waals surface area contributed by atoms with E-state index in [9.17, 15) is 4.79 Å². The molecule has 0 saturated carbocycles. The van der Waals surface area contributed by atoms with Gasteiger partial charge in [-0.05, 0) is 48.0 Å². The van der Waals surface area contributed by atoms with E-state index in [0.717, 1.165) is 33.1 Å². The Balaban J connectivity index is 1.41. The van der Waals surface area contributed by atoms with Crippen LogP contribution in [0.15, 0.2) is 72.1 Å². The lowest BCUT2D eigenvalue weighted by Gasteiger charge is -2.08. The first kappa shape index (κ1) is 22.4. The Morgan fingerprint density at radius 3 is 2.21 bits per heavy atom. The summed E-state index contributed by atoms with van der Waals surface area (Å²) in [5, 5.41) is 5.89. The smallest absolute Gasteiger partial charge is 0.251 e. The maximum absolute atomic E-state index is 12.4. The molecule has 168 valence electrons. The van der Waals surface area contributed by atoms with Gasteiger partial charge in [0.25, 0.3) is 5.91 Å². The summed E-state index contributed by atoms with van der Waals surface area (Å²) in [6.45, 7) is 0.444. The van der Waals surface area contributed by atoms with Crippen molar-refractivity contribution in [3.63, 3.8) is 0 Å². The quantitative estimate of drug-likeness (QED) is 0.380. The summed E-state index contributed by atoms with van der Waals surface area (Å²) in [6.07, 6.45) is 0. The number of benzene rings is 3. The number of amides is 1. The molecule has 0 aliphatic rings. The SMILES string of the molecule is COc1ccc(C(=O)NCc2ccc(-c3nc(-c4ccc(OC)c(OC)c4)cs3)cc2)cc1. The van der Waals surface area contributed by atoms with Gasteiger partial charge in [0.15, 0.2) is 11.5 Å². The minimum absolute atomic E-state index is 0.124. The van der Waals surface area contributed by atoms with E-state index in [-0.39, 0.29) is 5.91 Å². The number of ether oxygens (including phenoxy) is 3. The second-order valence-electron chi connectivity index (χ2n) is 7.22. The van der Waals surface area contributed by atoms with E-state index in [0.29, 0.717) is 23.6 Å². The van der Waals surface area contributed by atoms with Crippen molar-refractivity contribution >= 4 is 17.2 Å². The Bertz CT molecular complexity index is 1230. The van der Waals surface area contributed by atoms with Gasteiger partial charge in [-0.2, -0.15) is 0 Å². The topological polar surface area (TPSA) is 69.7 Å². The first-order chi connectivity index (χ1) is 16.1. The third-order valence-electron chi connectivity index (χ3n) is 5.19. The molecule has 0 aliphatic carbocycles. The molecule has 0 saturated heterocycles. The number of hydrogen-bond donors (Lipinski definition) is 1. The van der Waals surface area contributed by atoms with Gasteiger partial charge in [0.05, 0.1) is 27.0 Å². The Morgan fingerprint density at radius 2 is 1.55 bits per heavy atom. The van der Waals surface area contributed by atoms with Crippen molar-refractivity contribution in [3.05, 3.63) is 83.2 Å². The number of nitrogens with zero attached hydrogens (tertiary/aromatic N) is 1. The predicted octanol–water partition coefficient (Wildman–Crippen LogP) is 5.43. The Morgan fingerprint density at radius 1 is 0.848 bits per heavy atom. The van der Waals surface area contributed by atoms with Gasteiger partial charge in [-0.3, -0.25) is 4.79 Å². The zero-order chi connectivity index (χ0) is 23.2. The minimum atomic E-state index is -0.124. The molecule has 33 heavy (non-hydrogen) atoms. The van der Waals surface area contributed by atoms with Gasteiger partial charge in [0, 0.05) is 28.6 Å². The highest BCUT2D eigenvalue weighted by Gasteiger charge is 2.11. The molecule has 1 N–H and O–H groups in total. The molecule has 1 heterocycles. The third kappa shape index (κ3) is 5.15. The molecular formula is C26H24N2O4S. The fraction of sp³-hybridized carbons (Fsp3) is 0.154. The monoisotopic (exact) mass is 460 g/mol. The van der Waals surface area contributed by atoms with E-state index < -0.39 is 0 Å². The van der Waals surface area contributed by atoms with Crippen molar-refractivity contribution in [3.8, 4) is 39.1 Å². The Labute approximate surface area is 196 Å². The fourth-order valence-corrected chi connectivity index (χ4v) is 4.16. The molecule has 1 aromatic heterocycles. The molecule has 6 nitrogen and oxygen atoms in total. The maximum Gasteiger partial charge on any atom is 0.251 e. The second kappa shape index (κ2) is 10.2. The van der Waals surface area contributed by atoms with Crippen molar-refractivity contribution in [1.82, 2.24) is 10.3 Å². The van der Waals surface area contributed by atoms with Crippen LogP contribution in [0.2, 0.25) is 0 Å². The highest BCUT2D eigenvalue weighted by atomic mass is 32.1. The number of thiazole rings is 1. The Hall–Kier alpha value is -3.84. The number of hydrogen-bond acceptors (Lipinski definition) is 6. The third-order valence-corrected chi connectivity index (χ3v) is 6.08. The molecule has 7 heteroatoms. The standard InChI is InChI=1S/C26H24N2O4S/c1-30-21-11-8-18(9-12-21)25(29)27-15-17-4-6-19(7-5-17)26-28-22(16-33-26)20-10-13-23(31-2)24(14-20)32-3/h4-14,16H,15H2,1-3H3,(H,27,29). The van der Waals surface area contributed by atoms with Crippen LogP contribution in [0.1, 0.15) is 15.9 Å². The maximum atomic E-state index is 12.4. The van der Waals surface area contributed by atoms with Crippen LogP contribution in [0, 0.1) is 0 Å². The van der Waals surface area contributed by atoms with E-state index in [4.69, 9.17) is 19.2 Å². The number of methoxy groups -OCH3 is 3. The largest absolute Gasteiger partial charge is 0.497 e. The van der Waals surface area contributed by atoms with Gasteiger partial charge in [0.1, 0.15) is 10.8 Å². The number of carbonyl (C=O) groups excluding carboxylic acids is 1. The van der Waals surface area contributed by atoms with E-state index in [1.807, 2.05) is 47.8 Å². The van der Waals surface area contributed by atoms with Crippen LogP contribution in [0.5, 0.6) is 17.2 Å². The van der Waals surface area contributed by atoms with Crippen molar-refractivity contribution in [2.45, 2.75) is 6.54 Å². The number of aromatic nitrogens is 1. The van der Waals surface area contributed by atoms with E-state index in [1.165, 1.54) is 0 Å². The van der Waals surface area contributed by atoms with Gasteiger partial charge in [-0.1, -0.05) is 24.3 Å². The van der Waals surface area contributed by atoms with Crippen LogP contribution in [0.3, 0.4) is 0 Å². The Kier molecular flexibility index (Phi) is 6.90. The van der Waals surface area contributed by atoms with E-state index in [2.05, 4.69) is 5.32 Å². The summed E-state index contributed by atoms with van der Waals surface area (Å²) in [6, 6.07) is 20.8. The zero-order valence-electron chi connectivity index (χ0n) is 18.6.